The zero-order chi connectivity index (χ0) is 29.0. The first-order valence-electron chi connectivity index (χ1n) is 13.6. The Kier molecular flexibility index (Phi) is 8.26. The molecular formula is C32H33N3O5S. The molecule has 9 heteroatoms. The quantitative estimate of drug-likeness (QED) is 0.286. The molecule has 0 bridgehead atoms. The van der Waals surface area contributed by atoms with Crippen LogP contribution in [0.3, 0.4) is 0 Å². The Morgan fingerprint density at radius 2 is 1.63 bits per heavy atom. The van der Waals surface area contributed by atoms with Gasteiger partial charge in [-0.1, -0.05) is 66.7 Å². The Balaban J connectivity index is 1.38. The number of hydrogen-bond acceptors (Lipinski definition) is 5. The zero-order valence-electron chi connectivity index (χ0n) is 23.1. The average molecular weight is 572 g/mol. The van der Waals surface area contributed by atoms with Gasteiger partial charge in [0.2, 0.25) is 11.8 Å². The van der Waals surface area contributed by atoms with Crippen LogP contribution in [0.25, 0.3) is 10.8 Å². The van der Waals surface area contributed by atoms with E-state index in [4.69, 9.17) is 4.74 Å². The van der Waals surface area contributed by atoms with Gasteiger partial charge in [-0.3, -0.25) is 13.9 Å². The van der Waals surface area contributed by atoms with Crippen LogP contribution in [0.5, 0.6) is 5.75 Å². The van der Waals surface area contributed by atoms with Crippen molar-refractivity contribution in [1.29, 1.82) is 0 Å². The van der Waals surface area contributed by atoms with E-state index in [2.05, 4.69) is 5.32 Å². The Bertz CT molecular complexity index is 1670. The molecule has 0 aromatic heterocycles. The van der Waals surface area contributed by atoms with E-state index in [0.717, 1.165) is 16.5 Å². The van der Waals surface area contributed by atoms with Gasteiger partial charge in [-0.25, -0.2) is 8.42 Å². The van der Waals surface area contributed by atoms with Gasteiger partial charge in [-0.15, -0.1) is 0 Å². The highest BCUT2D eigenvalue weighted by Gasteiger charge is 2.36. The largest absolute Gasteiger partial charge is 0.497 e. The van der Waals surface area contributed by atoms with Crippen molar-refractivity contribution in [3.63, 3.8) is 0 Å². The molecular weight excluding hydrogens is 538 g/mol. The molecule has 2 amide bonds. The minimum atomic E-state index is -3.72. The molecule has 4 aromatic carbocycles. The van der Waals surface area contributed by atoms with Gasteiger partial charge >= 0.3 is 0 Å². The zero-order valence-corrected chi connectivity index (χ0v) is 23.9. The first kappa shape index (κ1) is 28.2. The number of methoxy groups -OCH3 is 1. The van der Waals surface area contributed by atoms with Gasteiger partial charge in [0.1, 0.15) is 11.8 Å². The van der Waals surface area contributed by atoms with Crippen molar-refractivity contribution in [3.05, 3.63) is 102 Å². The summed E-state index contributed by atoms with van der Waals surface area (Å²) in [5.41, 5.74) is 2.38. The van der Waals surface area contributed by atoms with E-state index < -0.39 is 16.1 Å². The fraction of sp³-hybridized carbons (Fsp3) is 0.250. The van der Waals surface area contributed by atoms with E-state index in [1.165, 1.54) is 4.31 Å². The minimum Gasteiger partial charge on any atom is -0.497 e. The number of benzene rings is 4. The number of amides is 2. The van der Waals surface area contributed by atoms with Crippen LogP contribution in [0.1, 0.15) is 24.0 Å². The third-order valence-corrected chi connectivity index (χ3v) is 9.29. The number of rotatable bonds is 11. The second-order valence-corrected chi connectivity index (χ2v) is 11.8. The highest BCUT2D eigenvalue weighted by Crippen LogP contribution is 2.42. The molecule has 5 rings (SSSR count). The number of carbonyl (C=O) groups is 2. The van der Waals surface area contributed by atoms with Gasteiger partial charge in [0, 0.05) is 38.4 Å². The van der Waals surface area contributed by atoms with E-state index in [1.807, 2.05) is 72.8 Å². The lowest BCUT2D eigenvalue weighted by Crippen LogP contribution is -2.49. The van der Waals surface area contributed by atoms with Crippen LogP contribution in [0.2, 0.25) is 0 Å². The van der Waals surface area contributed by atoms with Crippen molar-refractivity contribution in [1.82, 2.24) is 10.2 Å². The van der Waals surface area contributed by atoms with Crippen LogP contribution in [0, 0.1) is 0 Å². The van der Waals surface area contributed by atoms with Crippen LogP contribution in [0.15, 0.2) is 95.9 Å². The van der Waals surface area contributed by atoms with Gasteiger partial charge in [0.15, 0.2) is 0 Å². The molecule has 1 heterocycles. The number of nitrogens with zero attached hydrogens (tertiary/aromatic N) is 2. The van der Waals surface area contributed by atoms with Crippen molar-refractivity contribution in [3.8, 4) is 5.75 Å². The molecule has 0 radical (unpaired) electrons. The Hall–Kier alpha value is -4.37. The monoisotopic (exact) mass is 571 g/mol. The van der Waals surface area contributed by atoms with Crippen molar-refractivity contribution < 1.29 is 22.7 Å². The molecule has 0 saturated carbocycles. The third-order valence-electron chi connectivity index (χ3n) is 7.44. The highest BCUT2D eigenvalue weighted by molar-refractivity contribution is 7.93. The van der Waals surface area contributed by atoms with Crippen LogP contribution in [0.4, 0.5) is 5.69 Å². The summed E-state index contributed by atoms with van der Waals surface area (Å²) >= 11 is 0. The normalized spacial score (nSPS) is 14.0. The molecule has 0 fully saturated rings. The highest BCUT2D eigenvalue weighted by atomic mass is 32.2. The molecule has 0 saturated heterocycles. The van der Waals surface area contributed by atoms with Gasteiger partial charge < -0.3 is 15.0 Å². The lowest BCUT2D eigenvalue weighted by molar-refractivity contribution is -0.141. The molecule has 8 nitrogen and oxygen atoms in total. The summed E-state index contributed by atoms with van der Waals surface area (Å²) < 4.78 is 33.5. The molecule has 0 spiro atoms. The third kappa shape index (κ3) is 5.76. The van der Waals surface area contributed by atoms with E-state index in [1.54, 1.807) is 37.3 Å². The summed E-state index contributed by atoms with van der Waals surface area (Å²) in [6, 6.07) is 27.0. The summed E-state index contributed by atoms with van der Waals surface area (Å²) in [7, 11) is -0.577. The van der Waals surface area contributed by atoms with E-state index >= 15 is 0 Å². The Morgan fingerprint density at radius 1 is 0.927 bits per heavy atom. The fourth-order valence-corrected chi connectivity index (χ4v) is 7.15. The number of carbonyl (C=O) groups excluding carboxylic acids is 2. The molecule has 212 valence electrons. The van der Waals surface area contributed by atoms with Crippen molar-refractivity contribution >= 4 is 38.3 Å². The molecule has 1 unspecified atom stereocenters. The molecule has 41 heavy (non-hydrogen) atoms. The lowest BCUT2D eigenvalue weighted by atomic mass is 10.0. The van der Waals surface area contributed by atoms with Gasteiger partial charge in [0.05, 0.1) is 17.7 Å². The summed E-state index contributed by atoms with van der Waals surface area (Å²) in [4.78, 5) is 28.9. The van der Waals surface area contributed by atoms with Gasteiger partial charge in [-0.05, 0) is 47.2 Å². The van der Waals surface area contributed by atoms with E-state index in [-0.39, 0.29) is 31.3 Å². The number of sulfonamides is 1. The fourth-order valence-electron chi connectivity index (χ4n) is 5.40. The summed E-state index contributed by atoms with van der Waals surface area (Å²) in [6.45, 7) is 0.353. The predicted octanol–water partition coefficient (Wildman–Crippen LogP) is 4.52. The second kappa shape index (κ2) is 12.0. The average Bonchev–Trinajstić information content (AvgIpc) is 3.22. The van der Waals surface area contributed by atoms with Crippen LogP contribution in [-0.4, -0.2) is 51.9 Å². The molecule has 4 aromatic rings. The first-order chi connectivity index (χ1) is 19.8. The molecule has 1 aliphatic heterocycles. The summed E-state index contributed by atoms with van der Waals surface area (Å²) in [5.74, 6) is 0.154. The smallest absolute Gasteiger partial charge is 0.265 e. The van der Waals surface area contributed by atoms with Crippen molar-refractivity contribution in [2.75, 3.05) is 25.0 Å². The number of hydrogen-bond donors (Lipinski definition) is 1. The topological polar surface area (TPSA) is 96.0 Å². The number of likely N-dealkylation sites (N-methyl/N-ethyl adjacent to an activating group) is 1. The number of nitrogens with one attached hydrogen (secondary N) is 1. The minimum absolute atomic E-state index is 0.0740. The maximum atomic E-state index is 13.8. The van der Waals surface area contributed by atoms with Crippen LogP contribution < -0.4 is 14.4 Å². The van der Waals surface area contributed by atoms with Crippen LogP contribution >= 0.6 is 0 Å². The number of anilines is 1. The lowest BCUT2D eigenvalue weighted by Gasteiger charge is -2.31. The van der Waals surface area contributed by atoms with E-state index in [0.29, 0.717) is 34.6 Å². The number of ether oxygens (including phenoxy) is 1. The molecule has 1 aliphatic rings. The first-order valence-corrected chi connectivity index (χ1v) is 15.0. The molecule has 1 N–H and O–H groups in total. The Morgan fingerprint density at radius 3 is 2.37 bits per heavy atom. The molecule has 0 aliphatic carbocycles. The standard InChI is InChI=1S/C32H33N3O5S/c1-33-32(37)28(21-23-10-4-3-5-11-23)34(22-24-12-6-15-26(20-24)40-2)30(36)18-9-19-35-27-16-7-13-25-14-8-17-29(31(25)27)41(35,38)39/h3-8,10-17,20,28H,9,18-19,21-22H2,1-2H3,(H,33,37). The summed E-state index contributed by atoms with van der Waals surface area (Å²) in [5, 5.41) is 4.29. The molecule has 1 atom stereocenters. The van der Waals surface area contributed by atoms with Gasteiger partial charge in [-0.2, -0.15) is 0 Å². The van der Waals surface area contributed by atoms with Crippen molar-refractivity contribution in [2.24, 2.45) is 0 Å². The summed E-state index contributed by atoms with van der Waals surface area (Å²) in [6.07, 6.45) is 0.710. The second-order valence-electron chi connectivity index (χ2n) is 10.0. The SMILES string of the molecule is CNC(=O)C(Cc1ccccc1)N(Cc1cccc(OC)c1)C(=O)CCCN1c2cccc3cccc(c23)S1(=O)=O. The van der Waals surface area contributed by atoms with Crippen molar-refractivity contribution in [2.45, 2.75) is 36.7 Å². The van der Waals surface area contributed by atoms with E-state index in [9.17, 15) is 18.0 Å². The maximum Gasteiger partial charge on any atom is 0.265 e. The predicted molar refractivity (Wildman–Crippen MR) is 159 cm³/mol. The van der Waals surface area contributed by atoms with Crippen LogP contribution in [-0.2, 0) is 32.6 Å². The maximum absolute atomic E-state index is 13.8. The Labute approximate surface area is 240 Å². The van der Waals surface area contributed by atoms with Gasteiger partial charge in [0.25, 0.3) is 10.0 Å².